The van der Waals surface area contributed by atoms with Gasteiger partial charge in [-0.05, 0) is 48.5 Å². The minimum atomic E-state index is -1.38. The van der Waals surface area contributed by atoms with Crippen LogP contribution in [0, 0.1) is 23.3 Å². The average molecular weight is 509 g/mol. The Bertz CT molecular complexity index is 1540. The molecular formula is C27H19F4N3O3. The highest BCUT2D eigenvalue weighted by atomic mass is 19.2. The van der Waals surface area contributed by atoms with E-state index in [0.29, 0.717) is 49.3 Å². The first-order chi connectivity index (χ1) is 17.8. The Hall–Kier alpha value is -4.31. The number of carbonyl (C=O) groups is 2. The van der Waals surface area contributed by atoms with Crippen molar-refractivity contribution < 1.29 is 31.9 Å². The molecule has 0 unspecified atom stereocenters. The first-order valence-electron chi connectivity index (χ1n) is 11.3. The predicted octanol–water partition coefficient (Wildman–Crippen LogP) is 5.11. The van der Waals surface area contributed by atoms with Crippen molar-refractivity contribution in [2.45, 2.75) is 0 Å². The molecular weight excluding hydrogens is 490 g/mol. The number of rotatable bonds is 5. The molecule has 0 atom stereocenters. The number of anilines is 2. The second-order valence-corrected chi connectivity index (χ2v) is 8.43. The minimum Gasteiger partial charge on any atom is -0.378 e. The molecule has 10 heteroatoms. The average Bonchev–Trinajstić information content (AvgIpc) is 2.91. The zero-order valence-electron chi connectivity index (χ0n) is 19.2. The molecule has 6 nitrogen and oxygen atoms in total. The Morgan fingerprint density at radius 2 is 1.59 bits per heavy atom. The van der Waals surface area contributed by atoms with Crippen LogP contribution in [0.4, 0.5) is 28.9 Å². The molecule has 0 spiro atoms. The van der Waals surface area contributed by atoms with Crippen LogP contribution in [0.5, 0.6) is 0 Å². The van der Waals surface area contributed by atoms with E-state index >= 15 is 0 Å². The van der Waals surface area contributed by atoms with Crippen LogP contribution in [0.3, 0.4) is 0 Å². The highest BCUT2D eigenvalue weighted by Crippen LogP contribution is 2.26. The van der Waals surface area contributed by atoms with Gasteiger partial charge in [0.15, 0.2) is 29.1 Å². The van der Waals surface area contributed by atoms with Gasteiger partial charge in [0.1, 0.15) is 0 Å². The largest absolute Gasteiger partial charge is 0.378 e. The molecule has 0 aliphatic carbocycles. The number of nitrogens with zero attached hydrogens (tertiary/aromatic N) is 2. The lowest BCUT2D eigenvalue weighted by atomic mass is 10.00. The second-order valence-electron chi connectivity index (χ2n) is 8.43. The van der Waals surface area contributed by atoms with Gasteiger partial charge in [0.05, 0.1) is 36.2 Å². The van der Waals surface area contributed by atoms with Gasteiger partial charge in [-0.1, -0.05) is 0 Å². The normalized spacial score (nSPS) is 13.6. The number of carbonyl (C=O) groups excluding carboxylic acids is 2. The number of ketones is 1. The number of ether oxygens (including phenoxy) is 1. The standard InChI is InChI=1S/C27H19F4N3O3/c28-21-3-1-16(11-22(21)29)27(36)33-18-12-20(25(31)23(30)13-18)26(35)15-2-4-24-17(9-15)10-19(14-32-24)34-5-7-37-8-6-34/h1-4,9-14H,5-8H2,(H,33,36). The number of hydrogen-bond acceptors (Lipinski definition) is 5. The molecule has 3 aromatic carbocycles. The number of nitrogens with one attached hydrogen (secondary N) is 1. The summed E-state index contributed by atoms with van der Waals surface area (Å²) in [5.41, 5.74) is 0.490. The first-order valence-corrected chi connectivity index (χ1v) is 11.3. The zero-order valence-corrected chi connectivity index (χ0v) is 19.2. The molecule has 188 valence electrons. The monoisotopic (exact) mass is 509 g/mol. The summed E-state index contributed by atoms with van der Waals surface area (Å²) in [5.74, 6) is -6.81. The van der Waals surface area contributed by atoms with Crippen molar-refractivity contribution in [2.75, 3.05) is 36.5 Å². The molecule has 0 saturated carbocycles. The maximum Gasteiger partial charge on any atom is 0.255 e. The van der Waals surface area contributed by atoms with E-state index in [1.54, 1.807) is 18.3 Å². The van der Waals surface area contributed by atoms with Crippen LogP contribution in [0.2, 0.25) is 0 Å². The van der Waals surface area contributed by atoms with Crippen LogP contribution in [-0.4, -0.2) is 43.0 Å². The highest BCUT2D eigenvalue weighted by molar-refractivity contribution is 6.12. The topological polar surface area (TPSA) is 71.5 Å². The van der Waals surface area contributed by atoms with Crippen molar-refractivity contribution in [3.8, 4) is 0 Å². The molecule has 5 rings (SSSR count). The molecule has 1 amide bonds. The Balaban J connectivity index is 1.44. The van der Waals surface area contributed by atoms with E-state index in [0.717, 1.165) is 23.9 Å². The van der Waals surface area contributed by atoms with Crippen LogP contribution in [0.25, 0.3) is 10.9 Å². The number of aromatic nitrogens is 1. The molecule has 1 aromatic heterocycles. The molecule has 2 heterocycles. The second kappa shape index (κ2) is 9.98. The molecule has 1 aliphatic rings. The Morgan fingerprint density at radius 1 is 0.838 bits per heavy atom. The maximum atomic E-state index is 14.7. The van der Waals surface area contributed by atoms with Crippen LogP contribution in [-0.2, 0) is 4.74 Å². The van der Waals surface area contributed by atoms with Crippen molar-refractivity contribution in [1.82, 2.24) is 4.98 Å². The van der Waals surface area contributed by atoms with Gasteiger partial charge in [0, 0.05) is 41.4 Å². The van der Waals surface area contributed by atoms with E-state index < -0.39 is 40.5 Å². The third kappa shape index (κ3) is 5.01. The van der Waals surface area contributed by atoms with E-state index in [4.69, 9.17) is 4.74 Å². The van der Waals surface area contributed by atoms with Crippen LogP contribution < -0.4 is 10.2 Å². The maximum absolute atomic E-state index is 14.7. The van der Waals surface area contributed by atoms with Crippen molar-refractivity contribution in [3.63, 3.8) is 0 Å². The third-order valence-corrected chi connectivity index (χ3v) is 6.02. The smallest absolute Gasteiger partial charge is 0.255 e. The van der Waals surface area contributed by atoms with Gasteiger partial charge >= 0.3 is 0 Å². The fourth-order valence-electron chi connectivity index (χ4n) is 4.08. The summed E-state index contributed by atoms with van der Waals surface area (Å²) >= 11 is 0. The summed E-state index contributed by atoms with van der Waals surface area (Å²) in [6, 6.07) is 10.6. The van der Waals surface area contributed by atoms with Gasteiger partial charge in [-0.3, -0.25) is 14.6 Å². The zero-order chi connectivity index (χ0) is 26.1. The summed E-state index contributed by atoms with van der Waals surface area (Å²) in [4.78, 5) is 32.1. The number of benzene rings is 3. The number of amides is 1. The van der Waals surface area contributed by atoms with E-state index in [-0.39, 0.29) is 16.8 Å². The SMILES string of the molecule is O=C(Nc1cc(F)c(F)c(C(=O)c2ccc3ncc(N4CCOCC4)cc3c2)c1)c1ccc(F)c(F)c1. The first kappa shape index (κ1) is 24.4. The lowest BCUT2D eigenvalue weighted by Crippen LogP contribution is -2.36. The van der Waals surface area contributed by atoms with Crippen molar-refractivity contribution in [3.05, 3.63) is 101 Å². The molecule has 1 fully saturated rings. The summed E-state index contributed by atoms with van der Waals surface area (Å²) in [5, 5.41) is 2.92. The summed E-state index contributed by atoms with van der Waals surface area (Å²) in [6.45, 7) is 2.56. The lowest BCUT2D eigenvalue weighted by molar-refractivity contribution is 0.101. The van der Waals surface area contributed by atoms with Gasteiger partial charge in [0.2, 0.25) is 0 Å². The van der Waals surface area contributed by atoms with Gasteiger partial charge < -0.3 is 15.0 Å². The van der Waals surface area contributed by atoms with Crippen LogP contribution in [0.1, 0.15) is 26.3 Å². The van der Waals surface area contributed by atoms with Gasteiger partial charge in [0.25, 0.3) is 5.91 Å². The van der Waals surface area contributed by atoms with Gasteiger partial charge in [-0.2, -0.15) is 0 Å². The van der Waals surface area contributed by atoms with Crippen LogP contribution in [0.15, 0.2) is 60.8 Å². The number of fused-ring (bicyclic) bond motifs is 1. The van der Waals surface area contributed by atoms with Crippen LogP contribution >= 0.6 is 0 Å². The Kier molecular flexibility index (Phi) is 6.58. The quantitative estimate of drug-likeness (QED) is 0.299. The predicted molar refractivity (Wildman–Crippen MR) is 129 cm³/mol. The number of hydrogen-bond donors (Lipinski definition) is 1. The van der Waals surface area contributed by atoms with E-state index in [2.05, 4.69) is 15.2 Å². The fraction of sp³-hybridized carbons (Fsp3) is 0.148. The third-order valence-electron chi connectivity index (χ3n) is 6.02. The Morgan fingerprint density at radius 3 is 2.35 bits per heavy atom. The molecule has 1 N–H and O–H groups in total. The van der Waals surface area contributed by atoms with E-state index in [1.807, 2.05) is 6.07 Å². The number of morpholine rings is 1. The van der Waals surface area contributed by atoms with Crippen molar-refractivity contribution in [1.29, 1.82) is 0 Å². The fourth-order valence-corrected chi connectivity index (χ4v) is 4.08. The van der Waals surface area contributed by atoms with Gasteiger partial charge in [-0.15, -0.1) is 0 Å². The number of pyridine rings is 1. The van der Waals surface area contributed by atoms with E-state index in [1.165, 1.54) is 6.07 Å². The van der Waals surface area contributed by atoms with Gasteiger partial charge in [-0.25, -0.2) is 17.6 Å². The van der Waals surface area contributed by atoms with Crippen molar-refractivity contribution in [2.24, 2.45) is 0 Å². The highest BCUT2D eigenvalue weighted by Gasteiger charge is 2.21. The lowest BCUT2D eigenvalue weighted by Gasteiger charge is -2.28. The Labute approximate surface area is 208 Å². The molecule has 0 bridgehead atoms. The molecule has 4 aromatic rings. The summed E-state index contributed by atoms with van der Waals surface area (Å²) < 4.78 is 61.0. The minimum absolute atomic E-state index is 0.0933. The summed E-state index contributed by atoms with van der Waals surface area (Å²) in [6.07, 6.45) is 1.73. The van der Waals surface area contributed by atoms with E-state index in [9.17, 15) is 27.2 Å². The van der Waals surface area contributed by atoms with Crippen molar-refractivity contribution >= 4 is 34.0 Å². The molecule has 1 saturated heterocycles. The molecule has 1 aliphatic heterocycles. The summed E-state index contributed by atoms with van der Waals surface area (Å²) in [7, 11) is 0. The number of halogens is 4. The molecule has 0 radical (unpaired) electrons. The molecule has 37 heavy (non-hydrogen) atoms.